The van der Waals surface area contributed by atoms with Gasteiger partial charge in [0, 0.05) is 6.42 Å². The number of carbonyl (C=O) groups excluding carboxylic acids is 1. The van der Waals surface area contributed by atoms with Gasteiger partial charge in [0.1, 0.15) is 6.61 Å². The van der Waals surface area contributed by atoms with E-state index < -0.39 is 12.2 Å². The zero-order valence-corrected chi connectivity index (χ0v) is 6.33. The number of rotatable bonds is 5. The number of carbonyl (C=O) groups is 2. The molecule has 0 atom stereocenters. The molecule has 0 aliphatic carbocycles. The number of allylic oxidation sites excluding steroid dienone is 1. The average molecular weight is 176 g/mol. The third-order valence-electron chi connectivity index (χ3n) is 0.985. The van der Waals surface area contributed by atoms with E-state index in [1.54, 1.807) is 0 Å². The number of hydrogen-bond donors (Lipinski definition) is 1. The first-order chi connectivity index (χ1) is 5.63. The van der Waals surface area contributed by atoms with Crippen LogP contribution in [0.5, 0.6) is 0 Å². The van der Waals surface area contributed by atoms with Gasteiger partial charge in [-0.05, 0) is 6.42 Å². The van der Waals surface area contributed by atoms with Gasteiger partial charge >= 0.3 is 12.2 Å². The van der Waals surface area contributed by atoms with Gasteiger partial charge in [0.15, 0.2) is 0 Å². The molecule has 12 heavy (non-hydrogen) atoms. The lowest BCUT2D eigenvalue weighted by Crippen LogP contribution is -1.94. The van der Waals surface area contributed by atoms with E-state index >= 15 is 0 Å². The Hall–Kier alpha value is -1.39. The maximum Gasteiger partial charge on any atom is 0.495 e. The van der Waals surface area contributed by atoms with E-state index in [9.17, 15) is 14.0 Å². The molecular weight excluding hydrogens is 167 g/mol. The molecule has 5 heteroatoms. The molecule has 0 aromatic carbocycles. The molecule has 0 saturated carbocycles. The number of ether oxygens (including phenoxy) is 1. The minimum absolute atomic E-state index is 0.0140. The predicted octanol–water partition coefficient (Wildman–Crippen LogP) is 1.51. The van der Waals surface area contributed by atoms with Crippen molar-refractivity contribution in [2.75, 3.05) is 6.61 Å². The van der Waals surface area contributed by atoms with E-state index in [0.717, 1.165) is 0 Å². The lowest BCUT2D eigenvalue weighted by molar-refractivity contribution is -0.136. The molecule has 0 bridgehead atoms. The summed E-state index contributed by atoms with van der Waals surface area (Å²) < 4.78 is 15.3. The second-order valence-corrected chi connectivity index (χ2v) is 1.95. The highest BCUT2D eigenvalue weighted by molar-refractivity contribution is 5.66. The van der Waals surface area contributed by atoms with Crippen LogP contribution >= 0.6 is 0 Å². The van der Waals surface area contributed by atoms with Gasteiger partial charge < -0.3 is 9.84 Å². The highest BCUT2D eigenvalue weighted by Gasteiger charge is 1.93. The first-order valence-corrected chi connectivity index (χ1v) is 3.32. The van der Waals surface area contributed by atoms with Crippen molar-refractivity contribution < 1.29 is 23.8 Å². The second-order valence-electron chi connectivity index (χ2n) is 1.95. The molecule has 0 radical (unpaired) electrons. The molecule has 0 amide bonds. The molecule has 0 aromatic rings. The summed E-state index contributed by atoms with van der Waals surface area (Å²) in [6, 6.07) is 0. The Kier molecular flexibility index (Phi) is 5.60. The van der Waals surface area contributed by atoms with Crippen LogP contribution in [0.25, 0.3) is 0 Å². The normalized spacial score (nSPS) is 10.1. The van der Waals surface area contributed by atoms with Crippen LogP contribution < -0.4 is 0 Å². The van der Waals surface area contributed by atoms with Crippen molar-refractivity contribution in [2.45, 2.75) is 12.8 Å². The minimum atomic E-state index is -1.84. The standard InChI is InChI=1S/C7H9FO4/c8-7(11)12-5-3-1-2-4-6(9)10/h1,3H,2,4-5H2,(H,9,10)/b3-1-. The summed E-state index contributed by atoms with van der Waals surface area (Å²) >= 11 is 0. The molecule has 0 heterocycles. The highest BCUT2D eigenvalue weighted by Crippen LogP contribution is 1.91. The van der Waals surface area contributed by atoms with Crippen molar-refractivity contribution in [3.8, 4) is 0 Å². The van der Waals surface area contributed by atoms with E-state index in [0.29, 0.717) is 6.42 Å². The third-order valence-corrected chi connectivity index (χ3v) is 0.985. The fourth-order valence-electron chi connectivity index (χ4n) is 0.506. The maximum atomic E-state index is 11.3. The molecule has 4 nitrogen and oxygen atoms in total. The van der Waals surface area contributed by atoms with E-state index in [1.807, 2.05) is 0 Å². The molecule has 0 aromatic heterocycles. The first kappa shape index (κ1) is 10.6. The molecule has 0 fully saturated rings. The molecule has 0 spiro atoms. The fraction of sp³-hybridized carbons (Fsp3) is 0.429. The highest BCUT2D eigenvalue weighted by atomic mass is 19.1. The summed E-state index contributed by atoms with van der Waals surface area (Å²) in [6.07, 6.45) is 1.43. The Labute approximate surface area is 68.6 Å². The number of carboxylic acids is 1. The van der Waals surface area contributed by atoms with Crippen LogP contribution in [0.2, 0.25) is 0 Å². The molecular formula is C7H9FO4. The lowest BCUT2D eigenvalue weighted by Gasteiger charge is -1.91. The summed E-state index contributed by atoms with van der Waals surface area (Å²) in [4.78, 5) is 19.5. The van der Waals surface area contributed by atoms with Gasteiger partial charge in [-0.25, -0.2) is 4.79 Å². The van der Waals surface area contributed by atoms with Gasteiger partial charge in [-0.15, -0.1) is 4.39 Å². The molecule has 0 unspecified atom stereocenters. The second kappa shape index (κ2) is 6.33. The van der Waals surface area contributed by atoms with Gasteiger partial charge in [-0.2, -0.15) is 0 Å². The van der Waals surface area contributed by atoms with Crippen LogP contribution in [0.3, 0.4) is 0 Å². The number of halogens is 1. The van der Waals surface area contributed by atoms with Crippen LogP contribution in [0.4, 0.5) is 9.18 Å². The molecule has 0 aliphatic heterocycles. The fourth-order valence-corrected chi connectivity index (χ4v) is 0.506. The summed E-state index contributed by atoms with van der Waals surface area (Å²) in [5.74, 6) is -0.901. The van der Waals surface area contributed by atoms with E-state index in [2.05, 4.69) is 4.74 Å². The molecule has 0 rings (SSSR count). The lowest BCUT2D eigenvalue weighted by atomic mass is 10.3. The monoisotopic (exact) mass is 176 g/mol. The molecule has 68 valence electrons. The van der Waals surface area contributed by atoms with Gasteiger partial charge in [-0.1, -0.05) is 12.2 Å². The van der Waals surface area contributed by atoms with E-state index in [-0.39, 0.29) is 13.0 Å². The van der Waals surface area contributed by atoms with Crippen molar-refractivity contribution in [1.29, 1.82) is 0 Å². The molecule has 1 N–H and O–H groups in total. The molecule has 0 aliphatic rings. The quantitative estimate of drug-likeness (QED) is 0.509. The zero-order valence-electron chi connectivity index (χ0n) is 6.33. The van der Waals surface area contributed by atoms with Crippen molar-refractivity contribution in [3.05, 3.63) is 12.2 Å². The smallest absolute Gasteiger partial charge is 0.481 e. The third kappa shape index (κ3) is 8.61. The Morgan fingerprint density at radius 1 is 1.42 bits per heavy atom. The summed E-state index contributed by atoms with van der Waals surface area (Å²) in [7, 11) is 0. The maximum absolute atomic E-state index is 11.3. The van der Waals surface area contributed by atoms with Crippen molar-refractivity contribution in [2.24, 2.45) is 0 Å². The van der Waals surface area contributed by atoms with E-state index in [4.69, 9.17) is 5.11 Å². The predicted molar refractivity (Wildman–Crippen MR) is 38.5 cm³/mol. The van der Waals surface area contributed by atoms with Gasteiger partial charge in [-0.3, -0.25) is 4.79 Å². The van der Waals surface area contributed by atoms with Crippen LogP contribution in [0.1, 0.15) is 12.8 Å². The zero-order chi connectivity index (χ0) is 9.40. The largest absolute Gasteiger partial charge is 0.495 e. The van der Waals surface area contributed by atoms with Gasteiger partial charge in [0.05, 0.1) is 0 Å². The van der Waals surface area contributed by atoms with Gasteiger partial charge in [0.2, 0.25) is 0 Å². The first-order valence-electron chi connectivity index (χ1n) is 3.32. The minimum Gasteiger partial charge on any atom is -0.481 e. The van der Waals surface area contributed by atoms with E-state index in [1.165, 1.54) is 12.2 Å². The average Bonchev–Trinajstić information content (AvgIpc) is 1.95. The SMILES string of the molecule is O=C(O)CC/C=C\COC(=O)F. The number of hydrogen-bond acceptors (Lipinski definition) is 3. The Bertz CT molecular complexity index is 168. The topological polar surface area (TPSA) is 63.6 Å². The summed E-state index contributed by atoms with van der Waals surface area (Å²) in [6.45, 7) is -0.158. The molecule has 0 saturated heterocycles. The summed E-state index contributed by atoms with van der Waals surface area (Å²) in [5, 5.41) is 8.18. The van der Waals surface area contributed by atoms with Gasteiger partial charge in [0.25, 0.3) is 0 Å². The Balaban J connectivity index is 3.26. The van der Waals surface area contributed by atoms with Crippen LogP contribution in [0.15, 0.2) is 12.2 Å². The summed E-state index contributed by atoms with van der Waals surface area (Å²) in [5.41, 5.74) is 0. The van der Waals surface area contributed by atoms with Crippen LogP contribution in [-0.4, -0.2) is 23.9 Å². The number of aliphatic carboxylic acids is 1. The van der Waals surface area contributed by atoms with Crippen molar-refractivity contribution in [1.82, 2.24) is 0 Å². The van der Waals surface area contributed by atoms with Crippen LogP contribution in [0, 0.1) is 0 Å². The van der Waals surface area contributed by atoms with Crippen molar-refractivity contribution in [3.63, 3.8) is 0 Å². The Morgan fingerprint density at radius 3 is 2.58 bits per heavy atom. The number of carboxylic acid groups (broad SMARTS) is 1. The Morgan fingerprint density at radius 2 is 2.08 bits per heavy atom. The van der Waals surface area contributed by atoms with Crippen molar-refractivity contribution >= 4 is 12.2 Å². The van der Waals surface area contributed by atoms with Crippen LogP contribution in [-0.2, 0) is 9.53 Å².